The zero-order chi connectivity index (χ0) is 37.5. The third-order valence-corrected chi connectivity index (χ3v) is 11.7. The summed E-state index contributed by atoms with van der Waals surface area (Å²) in [5.74, 6) is 0. The van der Waals surface area contributed by atoms with Crippen molar-refractivity contribution in [3.8, 4) is 44.8 Å². The number of nitrogens with zero attached hydrogens (tertiary/aromatic N) is 2. The van der Waals surface area contributed by atoms with E-state index in [1.165, 1.54) is 65.9 Å². The van der Waals surface area contributed by atoms with Gasteiger partial charge in [0.1, 0.15) is 11.2 Å². The molecule has 266 valence electrons. The first kappa shape index (κ1) is 31.7. The van der Waals surface area contributed by atoms with Crippen molar-refractivity contribution in [2.24, 2.45) is 0 Å². The molecule has 3 heteroatoms. The topological polar surface area (TPSA) is 23.0 Å². The second kappa shape index (κ2) is 12.5. The fourth-order valence-corrected chi connectivity index (χ4v) is 9.14. The van der Waals surface area contributed by atoms with Gasteiger partial charge < -0.3 is 13.6 Å². The number of hydrogen-bond acceptors (Lipinski definition) is 1. The van der Waals surface area contributed by atoms with E-state index in [9.17, 15) is 0 Å². The zero-order valence-corrected chi connectivity index (χ0v) is 30.9. The summed E-state index contributed by atoms with van der Waals surface area (Å²) in [5, 5.41) is 7.23. The van der Waals surface area contributed by atoms with E-state index in [4.69, 9.17) is 4.42 Å². The summed E-state index contributed by atoms with van der Waals surface area (Å²) in [4.78, 5) is 0. The minimum Gasteiger partial charge on any atom is -0.456 e. The van der Waals surface area contributed by atoms with E-state index in [2.05, 4.69) is 203 Å². The maximum Gasteiger partial charge on any atom is 0.135 e. The monoisotopic (exact) mass is 726 g/mol. The van der Waals surface area contributed by atoms with Crippen molar-refractivity contribution < 1.29 is 4.42 Å². The molecule has 0 atom stereocenters. The Labute approximate surface area is 328 Å². The molecule has 12 rings (SSSR count). The van der Waals surface area contributed by atoms with Gasteiger partial charge in [0, 0.05) is 43.7 Å². The average molecular weight is 727 g/mol. The maximum atomic E-state index is 6.23. The van der Waals surface area contributed by atoms with Gasteiger partial charge in [-0.15, -0.1) is 0 Å². The van der Waals surface area contributed by atoms with E-state index in [0.717, 1.165) is 44.4 Å². The van der Waals surface area contributed by atoms with Crippen LogP contribution < -0.4 is 0 Å². The normalized spacial score (nSPS) is 11.9. The second-order valence-electron chi connectivity index (χ2n) is 14.9. The van der Waals surface area contributed by atoms with E-state index in [-0.39, 0.29) is 0 Å². The van der Waals surface area contributed by atoms with Crippen LogP contribution in [0.4, 0.5) is 0 Å². The predicted molar refractivity (Wildman–Crippen MR) is 239 cm³/mol. The molecule has 0 amide bonds. The van der Waals surface area contributed by atoms with Gasteiger partial charge >= 0.3 is 0 Å². The van der Waals surface area contributed by atoms with Gasteiger partial charge in [0.15, 0.2) is 0 Å². The number of para-hydroxylation sites is 4. The van der Waals surface area contributed by atoms with E-state index in [1.54, 1.807) is 0 Å². The first-order valence-corrected chi connectivity index (χ1v) is 19.5. The van der Waals surface area contributed by atoms with Crippen LogP contribution in [0.25, 0.3) is 110 Å². The van der Waals surface area contributed by atoms with Gasteiger partial charge in [-0.3, -0.25) is 0 Å². The van der Waals surface area contributed by atoms with Gasteiger partial charge in [-0.2, -0.15) is 0 Å². The van der Waals surface area contributed by atoms with Gasteiger partial charge in [-0.1, -0.05) is 133 Å². The van der Waals surface area contributed by atoms with Crippen LogP contribution in [0.1, 0.15) is 0 Å². The summed E-state index contributed by atoms with van der Waals surface area (Å²) in [6.07, 6.45) is 0. The first-order chi connectivity index (χ1) is 28.3. The zero-order valence-electron chi connectivity index (χ0n) is 30.9. The molecule has 3 nitrogen and oxygen atoms in total. The standard InChI is InChI=1S/C54H34N2O/c1-3-14-35(15-4-1)38-30-39(36-27-29-53-47(33-36)45-19-9-12-25-52(45)57-53)32-41(31-38)56-49-23-11-8-20-46(49)54-42(21-13-24-50(54)56)37-26-28-44-43-18-7-10-22-48(43)55(51(44)34-37)40-16-5-2-6-17-40/h1-34H. The summed E-state index contributed by atoms with van der Waals surface area (Å²) >= 11 is 0. The summed E-state index contributed by atoms with van der Waals surface area (Å²) < 4.78 is 11.1. The van der Waals surface area contributed by atoms with Gasteiger partial charge in [0.25, 0.3) is 0 Å². The number of furan rings is 1. The molecule has 12 aromatic rings. The fourth-order valence-electron chi connectivity index (χ4n) is 9.14. The molecule has 3 heterocycles. The van der Waals surface area contributed by atoms with E-state index in [0.29, 0.717) is 0 Å². The quantitative estimate of drug-likeness (QED) is 0.173. The van der Waals surface area contributed by atoms with Crippen molar-refractivity contribution in [2.75, 3.05) is 0 Å². The molecule has 0 radical (unpaired) electrons. The molecular weight excluding hydrogens is 693 g/mol. The van der Waals surface area contributed by atoms with Crippen LogP contribution in [-0.4, -0.2) is 9.13 Å². The van der Waals surface area contributed by atoms with Crippen LogP contribution in [0.2, 0.25) is 0 Å². The lowest BCUT2D eigenvalue weighted by Gasteiger charge is -2.14. The average Bonchev–Trinajstić information content (AvgIpc) is 3.94. The Morgan fingerprint density at radius 3 is 1.70 bits per heavy atom. The molecule has 0 bridgehead atoms. The lowest BCUT2D eigenvalue weighted by Crippen LogP contribution is -1.96. The highest BCUT2D eigenvalue weighted by atomic mass is 16.3. The van der Waals surface area contributed by atoms with Crippen LogP contribution in [0.5, 0.6) is 0 Å². The Balaban J connectivity index is 1.10. The van der Waals surface area contributed by atoms with Gasteiger partial charge in [-0.25, -0.2) is 0 Å². The number of fused-ring (bicyclic) bond motifs is 9. The van der Waals surface area contributed by atoms with Crippen LogP contribution >= 0.6 is 0 Å². The summed E-state index contributed by atoms with van der Waals surface area (Å²) in [5.41, 5.74) is 15.9. The van der Waals surface area contributed by atoms with Gasteiger partial charge in [-0.05, 0) is 106 Å². The highest BCUT2D eigenvalue weighted by molar-refractivity contribution is 6.17. The number of hydrogen-bond donors (Lipinski definition) is 0. The predicted octanol–water partition coefficient (Wildman–Crippen LogP) is 14.8. The summed E-state index contributed by atoms with van der Waals surface area (Å²) in [6.45, 7) is 0. The van der Waals surface area contributed by atoms with Crippen LogP contribution in [0.3, 0.4) is 0 Å². The molecular formula is C54H34N2O. The van der Waals surface area contributed by atoms with Crippen molar-refractivity contribution in [3.05, 3.63) is 206 Å². The molecule has 0 N–H and O–H groups in total. The Hall–Kier alpha value is -7.62. The SMILES string of the molecule is c1ccc(-c2cc(-c3ccc4oc5ccccc5c4c3)cc(-n3c4ccccc4c4c(-c5ccc6c7ccccc7n(-c7ccccc7)c6c5)cccc43)c2)cc1. The first-order valence-electron chi connectivity index (χ1n) is 19.5. The Morgan fingerprint density at radius 2 is 0.877 bits per heavy atom. The van der Waals surface area contributed by atoms with Crippen LogP contribution in [0, 0.1) is 0 Å². The summed E-state index contributed by atoms with van der Waals surface area (Å²) in [6, 6.07) is 74.6. The molecule has 0 aliphatic rings. The number of benzene rings is 9. The van der Waals surface area contributed by atoms with Gasteiger partial charge in [0.05, 0.1) is 22.1 Å². The Morgan fingerprint density at radius 1 is 0.281 bits per heavy atom. The molecule has 0 aliphatic carbocycles. The molecule has 0 unspecified atom stereocenters. The van der Waals surface area contributed by atoms with Crippen molar-refractivity contribution in [1.82, 2.24) is 9.13 Å². The molecule has 0 aliphatic heterocycles. The van der Waals surface area contributed by atoms with Gasteiger partial charge in [0.2, 0.25) is 0 Å². The minimum atomic E-state index is 0.900. The van der Waals surface area contributed by atoms with E-state index >= 15 is 0 Å². The fraction of sp³-hybridized carbons (Fsp3) is 0. The lowest BCUT2D eigenvalue weighted by atomic mass is 9.96. The Bertz CT molecular complexity index is 3510. The lowest BCUT2D eigenvalue weighted by molar-refractivity contribution is 0.669. The molecule has 0 fully saturated rings. The maximum absolute atomic E-state index is 6.23. The molecule has 9 aromatic carbocycles. The highest BCUT2D eigenvalue weighted by Gasteiger charge is 2.20. The molecule has 0 spiro atoms. The van der Waals surface area contributed by atoms with Crippen molar-refractivity contribution in [2.45, 2.75) is 0 Å². The molecule has 57 heavy (non-hydrogen) atoms. The number of aromatic nitrogens is 2. The van der Waals surface area contributed by atoms with Crippen molar-refractivity contribution in [3.63, 3.8) is 0 Å². The molecule has 3 aromatic heterocycles. The molecule has 0 saturated heterocycles. The van der Waals surface area contributed by atoms with E-state index in [1.807, 2.05) is 12.1 Å². The minimum absolute atomic E-state index is 0.900. The third kappa shape index (κ3) is 4.92. The largest absolute Gasteiger partial charge is 0.456 e. The van der Waals surface area contributed by atoms with E-state index < -0.39 is 0 Å². The Kier molecular flexibility index (Phi) is 6.93. The smallest absolute Gasteiger partial charge is 0.135 e. The number of rotatable bonds is 5. The van der Waals surface area contributed by atoms with Crippen LogP contribution in [0.15, 0.2) is 211 Å². The summed E-state index contributed by atoms with van der Waals surface area (Å²) in [7, 11) is 0. The molecule has 0 saturated carbocycles. The van der Waals surface area contributed by atoms with Crippen LogP contribution in [-0.2, 0) is 0 Å². The highest BCUT2D eigenvalue weighted by Crippen LogP contribution is 2.42. The van der Waals surface area contributed by atoms with Crippen molar-refractivity contribution >= 4 is 65.6 Å². The third-order valence-electron chi connectivity index (χ3n) is 11.7. The second-order valence-corrected chi connectivity index (χ2v) is 14.9. The van der Waals surface area contributed by atoms with Crippen molar-refractivity contribution in [1.29, 1.82) is 0 Å².